The molecule has 3 aromatic rings. The van der Waals surface area contributed by atoms with Crippen LogP contribution in [0.3, 0.4) is 0 Å². The topological polar surface area (TPSA) is 62.7 Å². The number of nitrogens with zero attached hydrogens (tertiary/aromatic N) is 2. The lowest BCUT2D eigenvalue weighted by atomic mass is 9.92. The number of fused-ring (bicyclic) bond motifs is 1. The lowest BCUT2D eigenvalue weighted by Gasteiger charge is -2.22. The predicted molar refractivity (Wildman–Crippen MR) is 96.3 cm³/mol. The molecule has 1 unspecified atom stereocenters. The van der Waals surface area contributed by atoms with Gasteiger partial charge >= 0.3 is 0 Å². The van der Waals surface area contributed by atoms with Crippen molar-refractivity contribution in [1.29, 1.82) is 0 Å². The Balaban J connectivity index is 1.75. The number of aryl methyl sites for hydroxylation is 1. The fraction of sp³-hybridized carbons (Fsp3) is 0.368. The Labute approximate surface area is 144 Å². The van der Waals surface area contributed by atoms with Gasteiger partial charge in [0.15, 0.2) is 0 Å². The molecule has 1 aliphatic heterocycles. The van der Waals surface area contributed by atoms with Crippen LogP contribution >= 0.6 is 0 Å². The van der Waals surface area contributed by atoms with Crippen molar-refractivity contribution in [3.63, 3.8) is 0 Å². The third kappa shape index (κ3) is 2.87. The fourth-order valence-electron chi connectivity index (χ4n) is 3.63. The number of aromatic nitrogens is 3. The lowest BCUT2D eigenvalue weighted by Crippen LogP contribution is -2.31. The van der Waals surface area contributed by atoms with Crippen LogP contribution in [0.5, 0.6) is 0 Å². The van der Waals surface area contributed by atoms with E-state index in [1.807, 2.05) is 25.1 Å². The van der Waals surface area contributed by atoms with Crippen LogP contribution in [0.15, 0.2) is 35.3 Å². The summed E-state index contributed by atoms with van der Waals surface area (Å²) in [5.41, 5.74) is 2.73. The highest BCUT2D eigenvalue weighted by Gasteiger charge is 2.18. The van der Waals surface area contributed by atoms with Crippen LogP contribution in [0.25, 0.3) is 22.2 Å². The lowest BCUT2D eigenvalue weighted by molar-refractivity contribution is 0.459. The van der Waals surface area contributed by atoms with E-state index in [0.717, 1.165) is 37.0 Å². The highest BCUT2D eigenvalue weighted by Crippen LogP contribution is 2.27. The van der Waals surface area contributed by atoms with Crippen LogP contribution in [0.1, 0.15) is 31.2 Å². The molecule has 130 valence electrons. The second-order valence-electron chi connectivity index (χ2n) is 6.55. The summed E-state index contributed by atoms with van der Waals surface area (Å²) in [5, 5.41) is 8.03. The molecule has 1 atom stereocenters. The normalized spacial score (nSPS) is 17.9. The molecule has 4 rings (SSSR count). The highest BCUT2D eigenvalue weighted by atomic mass is 19.1. The molecule has 0 saturated carbocycles. The van der Waals surface area contributed by atoms with E-state index >= 15 is 0 Å². The van der Waals surface area contributed by atoms with Gasteiger partial charge in [-0.15, -0.1) is 0 Å². The van der Waals surface area contributed by atoms with Gasteiger partial charge in [0.05, 0.1) is 17.1 Å². The average Bonchev–Trinajstić information content (AvgIpc) is 3.06. The predicted octanol–water partition coefficient (Wildman–Crippen LogP) is 3.02. The molecule has 25 heavy (non-hydrogen) atoms. The number of benzene rings is 1. The summed E-state index contributed by atoms with van der Waals surface area (Å²) < 4.78 is 16.2. The van der Waals surface area contributed by atoms with Crippen molar-refractivity contribution < 1.29 is 4.39 Å². The zero-order chi connectivity index (χ0) is 17.4. The number of nitrogens with one attached hydrogen (secondary N) is 2. The number of halogens is 1. The maximum absolute atomic E-state index is 14.4. The van der Waals surface area contributed by atoms with Crippen molar-refractivity contribution in [3.05, 3.63) is 52.2 Å². The molecular formula is C19H21FN4O. The van der Waals surface area contributed by atoms with Gasteiger partial charge in [0, 0.05) is 35.8 Å². The molecule has 0 bridgehead atoms. The first-order chi connectivity index (χ1) is 12.2. The summed E-state index contributed by atoms with van der Waals surface area (Å²) in [5.74, 6) is -0.0825. The monoisotopic (exact) mass is 340 g/mol. The molecule has 1 aliphatic rings. The summed E-state index contributed by atoms with van der Waals surface area (Å²) in [6.45, 7) is 4.47. The number of pyridine rings is 1. The van der Waals surface area contributed by atoms with E-state index in [9.17, 15) is 9.18 Å². The largest absolute Gasteiger partial charge is 0.322 e. The van der Waals surface area contributed by atoms with E-state index in [1.165, 1.54) is 6.07 Å². The van der Waals surface area contributed by atoms with Gasteiger partial charge in [-0.1, -0.05) is 6.07 Å². The number of piperidine rings is 1. The molecule has 0 radical (unpaired) electrons. The minimum Gasteiger partial charge on any atom is -0.322 e. The molecule has 5 nitrogen and oxygen atoms in total. The Hall–Kier alpha value is -2.47. The quantitative estimate of drug-likeness (QED) is 0.770. The minimum absolute atomic E-state index is 0.0873. The summed E-state index contributed by atoms with van der Waals surface area (Å²) in [6.07, 6.45) is 3.64. The van der Waals surface area contributed by atoms with Crippen molar-refractivity contribution >= 4 is 10.9 Å². The summed E-state index contributed by atoms with van der Waals surface area (Å²) in [4.78, 5) is 15.5. The van der Waals surface area contributed by atoms with Crippen LogP contribution in [0.2, 0.25) is 0 Å². The average molecular weight is 340 g/mol. The molecule has 1 saturated heterocycles. The van der Waals surface area contributed by atoms with Crippen LogP contribution < -0.4 is 10.9 Å². The first-order valence-corrected chi connectivity index (χ1v) is 8.76. The molecule has 3 heterocycles. The van der Waals surface area contributed by atoms with Crippen molar-refractivity contribution in [2.45, 2.75) is 32.2 Å². The van der Waals surface area contributed by atoms with Crippen molar-refractivity contribution in [1.82, 2.24) is 20.1 Å². The second-order valence-corrected chi connectivity index (χ2v) is 6.55. The third-order valence-electron chi connectivity index (χ3n) is 5.00. The molecule has 0 amide bonds. The van der Waals surface area contributed by atoms with Crippen molar-refractivity contribution in [3.8, 4) is 11.3 Å². The number of aromatic amines is 1. The Bertz CT molecular complexity index is 969. The minimum atomic E-state index is -0.325. The Morgan fingerprint density at radius 2 is 2.24 bits per heavy atom. The molecule has 1 aromatic carbocycles. The van der Waals surface area contributed by atoms with Crippen LogP contribution in [-0.4, -0.2) is 27.9 Å². The van der Waals surface area contributed by atoms with Gasteiger partial charge in [0.1, 0.15) is 5.82 Å². The summed E-state index contributed by atoms with van der Waals surface area (Å²) >= 11 is 0. The summed E-state index contributed by atoms with van der Waals surface area (Å²) in [7, 11) is 0. The van der Waals surface area contributed by atoms with Gasteiger partial charge < -0.3 is 10.3 Å². The van der Waals surface area contributed by atoms with E-state index in [4.69, 9.17) is 0 Å². The molecular weight excluding hydrogens is 319 g/mol. The number of hydrogen-bond acceptors (Lipinski definition) is 3. The molecule has 2 aromatic heterocycles. The number of rotatable bonds is 3. The van der Waals surface area contributed by atoms with Gasteiger partial charge in [-0.2, -0.15) is 5.10 Å². The molecule has 6 heteroatoms. The Morgan fingerprint density at radius 1 is 1.36 bits per heavy atom. The van der Waals surface area contributed by atoms with Gasteiger partial charge in [0.25, 0.3) is 5.56 Å². The van der Waals surface area contributed by atoms with Crippen LogP contribution in [0, 0.1) is 5.82 Å². The standard InChI is InChI=1S/C19H21FN4O/c1-2-24-18-9-13(8-16(20)15(18)11-22-24)17-6-5-14(19(25)23-17)12-4-3-7-21-10-12/h5-6,8-9,11-12,21H,2-4,7,10H2,1H3,(H,23,25). The number of hydrogen-bond donors (Lipinski definition) is 2. The van der Waals surface area contributed by atoms with Gasteiger partial charge in [-0.25, -0.2) is 4.39 Å². The molecule has 0 spiro atoms. The van der Waals surface area contributed by atoms with Gasteiger partial charge in [0.2, 0.25) is 0 Å². The summed E-state index contributed by atoms with van der Waals surface area (Å²) in [6, 6.07) is 7.09. The smallest absolute Gasteiger partial charge is 0.251 e. The SMILES string of the molecule is CCn1ncc2c(F)cc(-c3ccc(C4CCCNC4)c(=O)[nH]3)cc21. The number of H-pyrrole nitrogens is 1. The van der Waals surface area contributed by atoms with Crippen LogP contribution in [0.4, 0.5) is 4.39 Å². The first-order valence-electron chi connectivity index (χ1n) is 8.76. The maximum Gasteiger partial charge on any atom is 0.251 e. The van der Waals surface area contributed by atoms with Gasteiger partial charge in [-0.3, -0.25) is 9.48 Å². The molecule has 2 N–H and O–H groups in total. The molecule has 0 aliphatic carbocycles. The van der Waals surface area contributed by atoms with E-state index in [-0.39, 0.29) is 17.3 Å². The maximum atomic E-state index is 14.4. The molecule has 1 fully saturated rings. The Kier molecular flexibility index (Phi) is 4.13. The highest BCUT2D eigenvalue weighted by molar-refractivity contribution is 5.84. The zero-order valence-electron chi connectivity index (χ0n) is 14.2. The van der Waals surface area contributed by atoms with Crippen molar-refractivity contribution in [2.75, 3.05) is 13.1 Å². The van der Waals surface area contributed by atoms with Crippen LogP contribution in [-0.2, 0) is 6.54 Å². The van der Waals surface area contributed by atoms with E-state index < -0.39 is 0 Å². The first kappa shape index (κ1) is 16.0. The van der Waals surface area contributed by atoms with E-state index in [2.05, 4.69) is 15.4 Å². The second kappa shape index (κ2) is 6.44. The van der Waals surface area contributed by atoms with E-state index in [1.54, 1.807) is 10.9 Å². The third-order valence-corrected chi connectivity index (χ3v) is 5.00. The Morgan fingerprint density at radius 3 is 2.96 bits per heavy atom. The fourth-order valence-corrected chi connectivity index (χ4v) is 3.63. The van der Waals surface area contributed by atoms with Gasteiger partial charge in [-0.05, 0) is 44.5 Å². The van der Waals surface area contributed by atoms with E-state index in [0.29, 0.717) is 23.2 Å². The zero-order valence-corrected chi connectivity index (χ0v) is 14.2. The van der Waals surface area contributed by atoms with Crippen molar-refractivity contribution in [2.24, 2.45) is 0 Å².